The minimum Gasteiger partial charge on any atom is -0.497 e. The summed E-state index contributed by atoms with van der Waals surface area (Å²) in [6.07, 6.45) is -2.68. The van der Waals surface area contributed by atoms with Gasteiger partial charge in [-0.1, -0.05) is 12.1 Å². The van der Waals surface area contributed by atoms with Crippen molar-refractivity contribution in [3.8, 4) is 5.75 Å². The molecule has 1 fully saturated rings. The number of halogens is 3. The molecule has 2 rings (SSSR count). The van der Waals surface area contributed by atoms with Gasteiger partial charge in [-0.25, -0.2) is 0 Å². The zero-order chi connectivity index (χ0) is 16.9. The molecule has 0 saturated carbocycles. The van der Waals surface area contributed by atoms with Crippen molar-refractivity contribution in [3.05, 3.63) is 29.8 Å². The zero-order valence-corrected chi connectivity index (χ0v) is 13.8. The van der Waals surface area contributed by atoms with E-state index in [4.69, 9.17) is 17.0 Å². The van der Waals surface area contributed by atoms with Crippen LogP contribution in [0.1, 0.15) is 18.4 Å². The molecule has 1 heterocycles. The fourth-order valence-electron chi connectivity index (χ4n) is 2.65. The Morgan fingerprint density at radius 3 is 2.65 bits per heavy atom. The van der Waals surface area contributed by atoms with E-state index in [0.717, 1.165) is 17.7 Å². The van der Waals surface area contributed by atoms with Gasteiger partial charge in [-0.15, -0.1) is 0 Å². The maximum absolute atomic E-state index is 12.8. The third-order valence-electron chi connectivity index (χ3n) is 4.02. The van der Waals surface area contributed by atoms with Gasteiger partial charge in [-0.2, -0.15) is 13.2 Å². The quantitative estimate of drug-likeness (QED) is 0.845. The lowest BCUT2D eigenvalue weighted by atomic mass is 9.98. The number of hydrogen-bond acceptors (Lipinski definition) is 2. The van der Waals surface area contributed by atoms with Crippen LogP contribution in [0.5, 0.6) is 5.75 Å². The molecule has 1 atom stereocenters. The topological polar surface area (TPSA) is 24.5 Å². The Morgan fingerprint density at radius 1 is 1.35 bits per heavy atom. The molecule has 0 radical (unpaired) electrons. The van der Waals surface area contributed by atoms with E-state index in [-0.39, 0.29) is 13.0 Å². The monoisotopic (exact) mass is 346 g/mol. The average molecular weight is 346 g/mol. The number of rotatable bonds is 4. The molecule has 7 heteroatoms. The summed E-state index contributed by atoms with van der Waals surface area (Å²) in [5.74, 6) is -0.485. The normalized spacial score (nSPS) is 18.6. The van der Waals surface area contributed by atoms with E-state index in [2.05, 4.69) is 5.32 Å². The molecule has 0 aromatic heterocycles. The molecule has 1 aromatic rings. The first-order valence-electron chi connectivity index (χ1n) is 7.62. The van der Waals surface area contributed by atoms with Gasteiger partial charge in [0.15, 0.2) is 5.11 Å². The first-order valence-corrected chi connectivity index (χ1v) is 8.03. The van der Waals surface area contributed by atoms with E-state index in [1.165, 1.54) is 0 Å². The van der Waals surface area contributed by atoms with Crippen LogP contribution in [0, 0.1) is 5.92 Å². The number of nitrogens with one attached hydrogen (secondary N) is 1. The second-order valence-electron chi connectivity index (χ2n) is 5.66. The molecule has 0 spiro atoms. The van der Waals surface area contributed by atoms with Gasteiger partial charge < -0.3 is 15.0 Å². The minimum absolute atomic E-state index is 0.0438. The van der Waals surface area contributed by atoms with Crippen LogP contribution in [0.25, 0.3) is 0 Å². The van der Waals surface area contributed by atoms with Crippen molar-refractivity contribution in [2.24, 2.45) is 5.92 Å². The fourth-order valence-corrected chi connectivity index (χ4v) is 2.91. The molecular formula is C16H21F3N2OS. The van der Waals surface area contributed by atoms with Crippen LogP contribution in [0.2, 0.25) is 0 Å². The van der Waals surface area contributed by atoms with Crippen LogP contribution in [-0.2, 0) is 6.42 Å². The summed E-state index contributed by atoms with van der Waals surface area (Å²) in [5, 5.41) is 3.47. The summed E-state index contributed by atoms with van der Waals surface area (Å²) >= 11 is 5.23. The largest absolute Gasteiger partial charge is 0.497 e. The highest BCUT2D eigenvalue weighted by atomic mass is 32.1. The van der Waals surface area contributed by atoms with E-state index in [1.807, 2.05) is 24.3 Å². The Hall–Kier alpha value is -1.50. The van der Waals surface area contributed by atoms with Crippen molar-refractivity contribution in [2.45, 2.75) is 25.4 Å². The first kappa shape index (κ1) is 17.8. The van der Waals surface area contributed by atoms with Gasteiger partial charge in [0.1, 0.15) is 5.75 Å². The third kappa shape index (κ3) is 5.27. The highest BCUT2D eigenvalue weighted by Crippen LogP contribution is 2.33. The summed E-state index contributed by atoms with van der Waals surface area (Å²) in [5.41, 5.74) is 1.12. The van der Waals surface area contributed by atoms with Crippen LogP contribution >= 0.6 is 12.2 Å². The molecule has 0 amide bonds. The summed E-state index contributed by atoms with van der Waals surface area (Å²) in [7, 11) is 1.61. The molecule has 128 valence electrons. The number of likely N-dealkylation sites (tertiary alicyclic amines) is 1. The summed E-state index contributed by atoms with van der Waals surface area (Å²) in [6, 6.07) is 7.69. The minimum atomic E-state index is -4.14. The van der Waals surface area contributed by atoms with Crippen molar-refractivity contribution in [1.29, 1.82) is 0 Å². The third-order valence-corrected chi connectivity index (χ3v) is 4.42. The average Bonchev–Trinajstić information content (AvgIpc) is 2.54. The number of thiocarbonyl (C=S) groups is 1. The lowest BCUT2D eigenvalue weighted by Gasteiger charge is -2.35. The van der Waals surface area contributed by atoms with Gasteiger partial charge in [-0.05, 0) is 49.2 Å². The second kappa shape index (κ2) is 7.86. The number of piperidine rings is 1. The van der Waals surface area contributed by atoms with E-state index >= 15 is 0 Å². The van der Waals surface area contributed by atoms with Crippen LogP contribution in [0.15, 0.2) is 24.3 Å². The van der Waals surface area contributed by atoms with Crippen molar-refractivity contribution in [2.75, 3.05) is 26.7 Å². The number of methoxy groups -OCH3 is 1. The Morgan fingerprint density at radius 2 is 2.04 bits per heavy atom. The Kier molecular flexibility index (Phi) is 6.10. The molecule has 1 aliphatic heterocycles. The Balaban J connectivity index is 1.77. The van der Waals surface area contributed by atoms with Crippen molar-refractivity contribution in [1.82, 2.24) is 10.2 Å². The summed E-state index contributed by atoms with van der Waals surface area (Å²) in [6.45, 7) is 1.14. The number of alkyl halides is 3. The molecular weight excluding hydrogens is 325 g/mol. The van der Waals surface area contributed by atoms with E-state index in [0.29, 0.717) is 24.6 Å². The van der Waals surface area contributed by atoms with Crippen LogP contribution in [-0.4, -0.2) is 42.9 Å². The van der Waals surface area contributed by atoms with Gasteiger partial charge in [-0.3, -0.25) is 0 Å². The van der Waals surface area contributed by atoms with Crippen molar-refractivity contribution < 1.29 is 17.9 Å². The maximum Gasteiger partial charge on any atom is 0.393 e. The number of hydrogen-bond donors (Lipinski definition) is 1. The predicted octanol–water partition coefficient (Wildman–Crippen LogP) is 3.39. The molecule has 1 saturated heterocycles. The number of nitrogens with zero attached hydrogens (tertiary/aromatic N) is 1. The standard InChI is InChI=1S/C16H21F3N2OS/c1-22-14-6-4-12(5-7-14)8-9-20-15(23)21-10-2-3-13(11-21)16(17,18)19/h4-7,13H,2-3,8-11H2,1H3,(H,20,23)/t13-/m1/s1. The van der Waals surface area contributed by atoms with Gasteiger partial charge in [0, 0.05) is 19.6 Å². The summed E-state index contributed by atoms with van der Waals surface area (Å²) in [4.78, 5) is 1.63. The Bertz CT molecular complexity index is 519. The molecule has 1 aliphatic rings. The predicted molar refractivity (Wildman–Crippen MR) is 87.7 cm³/mol. The van der Waals surface area contributed by atoms with Crippen LogP contribution in [0.4, 0.5) is 13.2 Å². The SMILES string of the molecule is COc1ccc(CCNC(=S)N2CCC[C@@H](C(F)(F)F)C2)cc1. The van der Waals surface area contributed by atoms with Gasteiger partial charge in [0.2, 0.25) is 0 Å². The summed E-state index contributed by atoms with van der Waals surface area (Å²) < 4.78 is 43.5. The maximum atomic E-state index is 12.8. The highest BCUT2D eigenvalue weighted by Gasteiger charge is 2.42. The molecule has 23 heavy (non-hydrogen) atoms. The molecule has 3 nitrogen and oxygen atoms in total. The van der Waals surface area contributed by atoms with E-state index in [1.54, 1.807) is 12.0 Å². The highest BCUT2D eigenvalue weighted by molar-refractivity contribution is 7.80. The smallest absolute Gasteiger partial charge is 0.393 e. The fraction of sp³-hybridized carbons (Fsp3) is 0.562. The lowest BCUT2D eigenvalue weighted by molar-refractivity contribution is -0.183. The van der Waals surface area contributed by atoms with E-state index < -0.39 is 12.1 Å². The van der Waals surface area contributed by atoms with E-state index in [9.17, 15) is 13.2 Å². The van der Waals surface area contributed by atoms with Gasteiger partial charge in [0.25, 0.3) is 0 Å². The molecule has 0 aliphatic carbocycles. The second-order valence-corrected chi connectivity index (χ2v) is 6.04. The molecule has 1 N–H and O–H groups in total. The van der Waals surface area contributed by atoms with Crippen LogP contribution < -0.4 is 10.1 Å². The molecule has 1 aromatic carbocycles. The Labute approximate surface area is 139 Å². The molecule has 0 bridgehead atoms. The van der Waals surface area contributed by atoms with Gasteiger partial charge >= 0.3 is 6.18 Å². The zero-order valence-electron chi connectivity index (χ0n) is 13.0. The lowest BCUT2D eigenvalue weighted by Crippen LogP contribution is -2.48. The first-order chi connectivity index (χ1) is 10.9. The van der Waals surface area contributed by atoms with Crippen molar-refractivity contribution >= 4 is 17.3 Å². The number of ether oxygens (including phenoxy) is 1. The van der Waals surface area contributed by atoms with Crippen LogP contribution in [0.3, 0.4) is 0 Å². The molecule has 0 unspecified atom stereocenters. The number of benzene rings is 1. The van der Waals surface area contributed by atoms with Crippen molar-refractivity contribution in [3.63, 3.8) is 0 Å². The van der Waals surface area contributed by atoms with Gasteiger partial charge in [0.05, 0.1) is 13.0 Å².